The molecule has 5 heteroatoms. The van der Waals surface area contributed by atoms with Crippen molar-refractivity contribution in [2.45, 2.75) is 13.8 Å². The van der Waals surface area contributed by atoms with Gasteiger partial charge in [0.05, 0.1) is 11.6 Å². The van der Waals surface area contributed by atoms with Crippen LogP contribution in [0.25, 0.3) is 45.0 Å². The Morgan fingerprint density at radius 1 is 0.769 bits per heavy atom. The minimum absolute atomic E-state index is 0. The Hall–Kier alpha value is -4.01. The van der Waals surface area contributed by atoms with Gasteiger partial charge >= 0.3 is 0 Å². The van der Waals surface area contributed by atoms with E-state index in [0.717, 1.165) is 22.8 Å². The zero-order chi connectivity index (χ0) is 26.5. The van der Waals surface area contributed by atoms with Crippen molar-refractivity contribution in [1.82, 2.24) is 14.5 Å². The summed E-state index contributed by atoms with van der Waals surface area (Å²) in [6.45, 7) is 4.25. The van der Waals surface area contributed by atoms with Crippen LogP contribution in [-0.4, -0.2) is 9.55 Å². The summed E-state index contributed by atoms with van der Waals surface area (Å²) in [5.41, 5.74) is 9.48. The molecular formula is C34H30N4Pt-2. The van der Waals surface area contributed by atoms with Crippen molar-refractivity contribution in [2.24, 2.45) is 14.1 Å². The summed E-state index contributed by atoms with van der Waals surface area (Å²) < 4.78 is 4.00. The fraction of sp³-hybridized carbons (Fsp3) is 0.118. The van der Waals surface area contributed by atoms with E-state index in [9.17, 15) is 0 Å². The second kappa shape index (κ2) is 12.7. The van der Waals surface area contributed by atoms with Gasteiger partial charge in [-0.3, -0.25) is 9.97 Å². The van der Waals surface area contributed by atoms with Crippen LogP contribution in [0.4, 0.5) is 0 Å². The van der Waals surface area contributed by atoms with Gasteiger partial charge in [0.1, 0.15) is 0 Å². The van der Waals surface area contributed by atoms with Crippen molar-refractivity contribution in [3.63, 3.8) is 0 Å². The van der Waals surface area contributed by atoms with Crippen molar-refractivity contribution < 1.29 is 25.6 Å². The van der Waals surface area contributed by atoms with Crippen molar-refractivity contribution in [3.05, 3.63) is 133 Å². The quantitative estimate of drug-likeness (QED) is 0.151. The van der Waals surface area contributed by atoms with Crippen molar-refractivity contribution in [2.75, 3.05) is 0 Å². The minimum atomic E-state index is 0. The maximum absolute atomic E-state index is 4.34. The maximum Gasteiger partial charge on any atom is 0.0555 e. The van der Waals surface area contributed by atoms with Crippen LogP contribution in [0.5, 0.6) is 0 Å². The van der Waals surface area contributed by atoms with Gasteiger partial charge in [-0.25, -0.2) is 0 Å². The first-order valence-corrected chi connectivity index (χ1v) is 12.6. The molecule has 0 fully saturated rings. The topological polar surface area (TPSA) is 35.8 Å². The fourth-order valence-electron chi connectivity index (χ4n) is 4.51. The fourth-order valence-corrected chi connectivity index (χ4v) is 4.51. The third kappa shape index (κ3) is 6.35. The molecule has 0 N–H and O–H groups in total. The molecular weight excluding hydrogens is 659 g/mol. The van der Waals surface area contributed by atoms with E-state index in [1.165, 1.54) is 33.4 Å². The normalized spacial score (nSPS) is 10.4. The standard InChI is InChI=1S/2C17H15N2.Pt/c2*1-13-5-3-4-6-16(13)14-7-9-15(10-8-14)17-18-11-12-19(17)2;/h2*3-9,11-12H,1-2H3;/q2*-1;. The first kappa shape index (κ1) is 28.0. The molecule has 0 spiro atoms. The van der Waals surface area contributed by atoms with Gasteiger partial charge in [0.25, 0.3) is 0 Å². The van der Waals surface area contributed by atoms with Crippen molar-refractivity contribution >= 4 is 0 Å². The number of rotatable bonds is 4. The van der Waals surface area contributed by atoms with Crippen LogP contribution in [0.2, 0.25) is 0 Å². The average molecular weight is 690 g/mol. The van der Waals surface area contributed by atoms with Crippen LogP contribution in [0.3, 0.4) is 0 Å². The maximum atomic E-state index is 4.34. The van der Waals surface area contributed by atoms with E-state index in [-0.39, 0.29) is 21.1 Å². The molecule has 0 saturated carbocycles. The van der Waals surface area contributed by atoms with Gasteiger partial charge in [-0.2, -0.15) is 0 Å². The Kier molecular flexibility index (Phi) is 9.11. The molecule has 0 bridgehead atoms. The molecule has 0 radical (unpaired) electrons. The smallest absolute Gasteiger partial charge is 0.0555 e. The number of imidazole rings is 2. The third-order valence-electron chi connectivity index (χ3n) is 6.66. The molecule has 6 rings (SSSR count). The number of aryl methyl sites for hydroxylation is 4. The predicted octanol–water partition coefficient (Wildman–Crippen LogP) is 6.77. The van der Waals surface area contributed by atoms with E-state index < -0.39 is 0 Å². The molecule has 0 saturated heterocycles. The van der Waals surface area contributed by atoms with E-state index in [1.807, 2.05) is 47.8 Å². The summed E-state index contributed by atoms with van der Waals surface area (Å²) in [6, 6.07) is 35.9. The van der Waals surface area contributed by atoms with Crippen LogP contribution < -0.4 is 9.55 Å². The number of hydrogen-bond donors (Lipinski definition) is 0. The molecule has 0 aliphatic carbocycles. The summed E-state index contributed by atoms with van der Waals surface area (Å²) >= 11 is 0. The van der Waals surface area contributed by atoms with E-state index in [4.69, 9.17) is 0 Å². The predicted molar refractivity (Wildman–Crippen MR) is 153 cm³/mol. The Balaban J connectivity index is 0.000000176. The Morgan fingerprint density at radius 3 is 1.77 bits per heavy atom. The largest absolute Gasteiger partial charge is 0.373 e. The number of hydrogen-bond acceptors (Lipinski definition) is 1. The van der Waals surface area contributed by atoms with Crippen LogP contribution in [-0.2, 0) is 35.2 Å². The Bertz CT molecular complexity index is 1520. The Morgan fingerprint density at radius 2 is 1.33 bits per heavy atom. The third-order valence-corrected chi connectivity index (χ3v) is 6.66. The van der Waals surface area contributed by atoms with Gasteiger partial charge in [-0.1, -0.05) is 81.9 Å². The van der Waals surface area contributed by atoms with Gasteiger partial charge in [0, 0.05) is 59.9 Å². The average Bonchev–Trinajstić information content (AvgIpc) is 3.58. The van der Waals surface area contributed by atoms with E-state index in [1.54, 1.807) is 12.4 Å². The molecule has 0 aliphatic heterocycles. The number of benzene rings is 4. The van der Waals surface area contributed by atoms with Gasteiger partial charge in [-0.05, 0) is 13.8 Å². The van der Waals surface area contributed by atoms with Crippen LogP contribution >= 0.6 is 0 Å². The Labute approximate surface area is 245 Å². The van der Waals surface area contributed by atoms with Crippen LogP contribution in [0, 0.1) is 26.0 Å². The molecule has 0 aliphatic rings. The molecule has 2 heterocycles. The van der Waals surface area contributed by atoms with Gasteiger partial charge in [0.15, 0.2) is 0 Å². The van der Waals surface area contributed by atoms with Crippen molar-refractivity contribution in [1.29, 1.82) is 0 Å². The SMILES string of the molecule is Cc1ccccc1-c1c[c-]c(-c2[n-]cc[n+]2C)cc1.Cc1ccccc1-c1c[c-]c(-c2nccn2C)cc1.[Pt]. The second-order valence-electron chi connectivity index (χ2n) is 9.34. The van der Waals surface area contributed by atoms with E-state index in [0.29, 0.717) is 0 Å². The van der Waals surface area contributed by atoms with E-state index in [2.05, 4.69) is 109 Å². The number of nitrogens with zero attached hydrogens (tertiary/aromatic N) is 4. The molecule has 39 heavy (non-hydrogen) atoms. The van der Waals surface area contributed by atoms with E-state index >= 15 is 0 Å². The molecule has 0 atom stereocenters. The van der Waals surface area contributed by atoms with Gasteiger partial charge in [-0.15, -0.1) is 59.7 Å². The van der Waals surface area contributed by atoms with Gasteiger partial charge in [0.2, 0.25) is 0 Å². The summed E-state index contributed by atoms with van der Waals surface area (Å²) in [6.07, 6.45) is 7.49. The van der Waals surface area contributed by atoms with Crippen molar-refractivity contribution in [3.8, 4) is 45.0 Å². The molecule has 4 nitrogen and oxygen atoms in total. The van der Waals surface area contributed by atoms with Crippen LogP contribution in [0.1, 0.15) is 11.1 Å². The molecule has 6 aromatic rings. The summed E-state index contributed by atoms with van der Waals surface area (Å²) in [4.78, 5) is 8.68. The molecule has 2 aromatic heterocycles. The molecule has 198 valence electrons. The molecule has 0 amide bonds. The molecule has 0 unspecified atom stereocenters. The number of aromatic nitrogens is 4. The summed E-state index contributed by atoms with van der Waals surface area (Å²) in [5.74, 6) is 1.88. The molecule has 4 aromatic carbocycles. The first-order chi connectivity index (χ1) is 18.5. The van der Waals surface area contributed by atoms with Crippen LogP contribution in [0.15, 0.2) is 110 Å². The summed E-state index contributed by atoms with van der Waals surface area (Å²) in [7, 11) is 3.98. The second-order valence-corrected chi connectivity index (χ2v) is 9.34. The zero-order valence-corrected chi connectivity index (χ0v) is 24.8. The summed E-state index contributed by atoms with van der Waals surface area (Å²) in [5, 5.41) is 0. The van der Waals surface area contributed by atoms with Gasteiger partial charge < -0.3 is 9.13 Å². The zero-order valence-electron chi connectivity index (χ0n) is 22.5. The minimum Gasteiger partial charge on any atom is -0.373 e. The first-order valence-electron chi connectivity index (χ1n) is 12.6. The monoisotopic (exact) mass is 689 g/mol.